The summed E-state index contributed by atoms with van der Waals surface area (Å²) in [5, 5.41) is 5.91. The quantitative estimate of drug-likeness (QED) is 0.817. The van der Waals surface area contributed by atoms with Gasteiger partial charge in [-0.15, -0.1) is 0 Å². The second kappa shape index (κ2) is 5.23. The number of carbonyl (C=O) groups excluding carboxylic acids is 1. The number of hydrogen-bond donors (Lipinski definition) is 2. The van der Waals surface area contributed by atoms with Crippen LogP contribution in [-0.2, 0) is 0 Å². The Morgan fingerprint density at radius 2 is 2.11 bits per heavy atom. The van der Waals surface area contributed by atoms with Crippen LogP contribution in [0.5, 0.6) is 0 Å². The molecule has 1 aromatic carbocycles. The van der Waals surface area contributed by atoms with Crippen molar-refractivity contribution in [1.29, 1.82) is 0 Å². The maximum absolute atomic E-state index is 12.2. The van der Waals surface area contributed by atoms with Crippen LogP contribution in [-0.4, -0.2) is 23.2 Å². The molecule has 0 unspecified atom stereocenters. The first-order chi connectivity index (χ1) is 8.99. The van der Waals surface area contributed by atoms with Crippen LogP contribution >= 0.6 is 15.9 Å². The third-order valence-electron chi connectivity index (χ3n) is 2.55. The molecular formula is C12H11BrN4O2. The highest BCUT2D eigenvalue weighted by Gasteiger charge is 2.17. The summed E-state index contributed by atoms with van der Waals surface area (Å²) in [6.45, 7) is 0. The van der Waals surface area contributed by atoms with Crippen LogP contribution in [0.4, 0.5) is 11.4 Å². The molecule has 6 nitrogen and oxygen atoms in total. The van der Waals surface area contributed by atoms with Gasteiger partial charge in [0.15, 0.2) is 0 Å². The van der Waals surface area contributed by atoms with E-state index in [9.17, 15) is 9.59 Å². The van der Waals surface area contributed by atoms with Gasteiger partial charge < -0.3 is 10.6 Å². The van der Waals surface area contributed by atoms with E-state index in [1.165, 1.54) is 17.0 Å². The average Bonchev–Trinajstić information content (AvgIpc) is 2.38. The van der Waals surface area contributed by atoms with Gasteiger partial charge in [-0.05, 0) is 24.3 Å². The summed E-state index contributed by atoms with van der Waals surface area (Å²) in [6, 6.07) is 7.84. The van der Waals surface area contributed by atoms with Crippen LogP contribution in [0.25, 0.3) is 0 Å². The van der Waals surface area contributed by atoms with Gasteiger partial charge in [-0.2, -0.15) is 5.10 Å². The number of rotatable bonds is 2. The molecule has 0 atom stereocenters. The number of nitrogens with zero attached hydrogens (tertiary/aromatic N) is 2. The molecule has 3 N–H and O–H groups in total. The molecule has 0 saturated carbocycles. The highest BCUT2D eigenvalue weighted by molar-refractivity contribution is 9.10. The molecule has 0 bridgehead atoms. The number of H-pyrrole nitrogens is 1. The Bertz CT molecular complexity index is 663. The van der Waals surface area contributed by atoms with E-state index in [4.69, 9.17) is 5.73 Å². The minimum atomic E-state index is -0.359. The summed E-state index contributed by atoms with van der Waals surface area (Å²) in [5.41, 5.74) is 6.68. The van der Waals surface area contributed by atoms with E-state index in [0.29, 0.717) is 11.4 Å². The van der Waals surface area contributed by atoms with E-state index in [0.717, 1.165) is 4.47 Å². The Morgan fingerprint density at radius 3 is 2.68 bits per heavy atom. The predicted octanol–water partition coefficient (Wildman–Crippen LogP) is 1.39. The van der Waals surface area contributed by atoms with Crippen molar-refractivity contribution in [2.45, 2.75) is 0 Å². The molecule has 1 amide bonds. The van der Waals surface area contributed by atoms with Gasteiger partial charge in [-0.3, -0.25) is 9.59 Å². The van der Waals surface area contributed by atoms with Crippen molar-refractivity contribution in [2.24, 2.45) is 0 Å². The van der Waals surface area contributed by atoms with Crippen LogP contribution < -0.4 is 16.2 Å². The first kappa shape index (κ1) is 13.3. The van der Waals surface area contributed by atoms with E-state index in [1.54, 1.807) is 25.2 Å². The van der Waals surface area contributed by atoms with Gasteiger partial charge in [-0.25, -0.2) is 5.10 Å². The lowest BCUT2D eigenvalue weighted by Gasteiger charge is -2.18. The van der Waals surface area contributed by atoms with Gasteiger partial charge in [0, 0.05) is 17.6 Å². The maximum atomic E-state index is 12.2. The molecule has 1 heterocycles. The standard InChI is InChI=1S/C12H11BrN4O2/c1-17(10-4-2-7(13)6-8(10)14)12(19)9-3-5-11(18)16-15-9/h2-6H,14H2,1H3,(H,16,18). The molecule has 0 aliphatic heterocycles. The zero-order valence-corrected chi connectivity index (χ0v) is 11.6. The normalized spacial score (nSPS) is 10.2. The van der Waals surface area contributed by atoms with Gasteiger partial charge in [0.25, 0.3) is 11.5 Å². The number of amides is 1. The molecule has 1 aromatic heterocycles. The zero-order valence-electron chi connectivity index (χ0n) is 10.1. The number of nitrogen functional groups attached to an aromatic ring is 1. The molecule has 0 aliphatic rings. The average molecular weight is 323 g/mol. The smallest absolute Gasteiger partial charge is 0.278 e. The molecule has 0 saturated heterocycles. The van der Waals surface area contributed by atoms with Crippen LogP contribution in [0.2, 0.25) is 0 Å². The number of aromatic nitrogens is 2. The van der Waals surface area contributed by atoms with E-state index in [1.807, 2.05) is 0 Å². The fourth-order valence-electron chi connectivity index (χ4n) is 1.58. The molecule has 7 heteroatoms. The van der Waals surface area contributed by atoms with Crippen LogP contribution in [0.3, 0.4) is 0 Å². The van der Waals surface area contributed by atoms with Crippen molar-refractivity contribution in [3.05, 3.63) is 50.9 Å². The van der Waals surface area contributed by atoms with Gasteiger partial charge in [0.05, 0.1) is 11.4 Å². The number of hydrogen-bond acceptors (Lipinski definition) is 4. The Hall–Kier alpha value is -2.15. The van der Waals surface area contributed by atoms with Gasteiger partial charge >= 0.3 is 0 Å². The lowest BCUT2D eigenvalue weighted by atomic mass is 10.2. The molecule has 0 radical (unpaired) electrons. The van der Waals surface area contributed by atoms with Crippen molar-refractivity contribution in [3.63, 3.8) is 0 Å². The van der Waals surface area contributed by atoms with E-state index >= 15 is 0 Å². The van der Waals surface area contributed by atoms with Crippen molar-refractivity contribution in [2.75, 3.05) is 17.7 Å². The van der Waals surface area contributed by atoms with Crippen molar-refractivity contribution in [1.82, 2.24) is 10.2 Å². The third-order valence-corrected chi connectivity index (χ3v) is 3.05. The Labute approximate surface area is 117 Å². The molecule has 0 fully saturated rings. The minimum Gasteiger partial charge on any atom is -0.397 e. The molecular weight excluding hydrogens is 312 g/mol. The third kappa shape index (κ3) is 2.82. The number of benzene rings is 1. The summed E-state index contributed by atoms with van der Waals surface area (Å²) >= 11 is 3.30. The van der Waals surface area contributed by atoms with Crippen molar-refractivity contribution in [3.8, 4) is 0 Å². The Kier molecular flexibility index (Phi) is 3.66. The molecule has 2 rings (SSSR count). The van der Waals surface area contributed by atoms with E-state index in [-0.39, 0.29) is 17.2 Å². The highest BCUT2D eigenvalue weighted by atomic mass is 79.9. The fraction of sp³-hybridized carbons (Fsp3) is 0.0833. The Morgan fingerprint density at radius 1 is 1.37 bits per heavy atom. The zero-order chi connectivity index (χ0) is 14.0. The lowest BCUT2D eigenvalue weighted by molar-refractivity contribution is 0.0987. The first-order valence-electron chi connectivity index (χ1n) is 5.38. The maximum Gasteiger partial charge on any atom is 0.278 e. The molecule has 2 aromatic rings. The number of halogens is 1. The summed E-state index contributed by atoms with van der Waals surface area (Å²) in [5.74, 6) is -0.356. The van der Waals surface area contributed by atoms with Crippen molar-refractivity contribution >= 4 is 33.2 Å². The number of carbonyl (C=O) groups is 1. The largest absolute Gasteiger partial charge is 0.397 e. The van der Waals surface area contributed by atoms with E-state index in [2.05, 4.69) is 26.1 Å². The minimum absolute atomic E-state index is 0.143. The second-order valence-electron chi connectivity index (χ2n) is 3.87. The number of nitrogens with one attached hydrogen (secondary N) is 1. The van der Waals surface area contributed by atoms with Gasteiger partial charge in [0.2, 0.25) is 0 Å². The number of nitrogens with two attached hydrogens (primary N) is 1. The first-order valence-corrected chi connectivity index (χ1v) is 6.17. The summed E-state index contributed by atoms with van der Waals surface area (Å²) < 4.78 is 0.830. The monoisotopic (exact) mass is 322 g/mol. The topological polar surface area (TPSA) is 92.1 Å². The Balaban J connectivity index is 2.33. The number of anilines is 2. The molecule has 98 valence electrons. The van der Waals surface area contributed by atoms with Crippen molar-refractivity contribution < 1.29 is 4.79 Å². The summed E-state index contributed by atoms with van der Waals surface area (Å²) in [6.07, 6.45) is 0. The van der Waals surface area contributed by atoms with Gasteiger partial charge in [0.1, 0.15) is 5.69 Å². The molecule has 0 aliphatic carbocycles. The van der Waals surface area contributed by atoms with Crippen LogP contribution in [0, 0.1) is 0 Å². The highest BCUT2D eigenvalue weighted by Crippen LogP contribution is 2.26. The van der Waals surface area contributed by atoms with Gasteiger partial charge in [-0.1, -0.05) is 15.9 Å². The lowest BCUT2D eigenvalue weighted by Crippen LogP contribution is -2.28. The molecule has 19 heavy (non-hydrogen) atoms. The molecule has 0 spiro atoms. The van der Waals surface area contributed by atoms with E-state index < -0.39 is 0 Å². The SMILES string of the molecule is CN(C(=O)c1ccc(=O)[nH]n1)c1ccc(Br)cc1N. The van der Waals surface area contributed by atoms with Crippen LogP contribution in [0.1, 0.15) is 10.5 Å². The fourth-order valence-corrected chi connectivity index (χ4v) is 1.95. The van der Waals surface area contributed by atoms with Crippen LogP contribution in [0.15, 0.2) is 39.6 Å². The predicted molar refractivity (Wildman–Crippen MR) is 76.1 cm³/mol. The number of aromatic amines is 1. The summed E-state index contributed by atoms with van der Waals surface area (Å²) in [7, 11) is 1.59. The summed E-state index contributed by atoms with van der Waals surface area (Å²) in [4.78, 5) is 24.5. The second-order valence-corrected chi connectivity index (χ2v) is 4.79.